The van der Waals surface area contributed by atoms with Crippen molar-refractivity contribution in [1.82, 2.24) is 4.31 Å². The number of hydrogen-bond acceptors (Lipinski definition) is 6. The Morgan fingerprint density at radius 1 is 1.29 bits per heavy atom. The molecule has 0 radical (unpaired) electrons. The first-order valence-corrected chi connectivity index (χ1v) is 10.0. The first-order chi connectivity index (χ1) is 11.3. The molecular formula is C15H16N2O5S2. The lowest BCUT2D eigenvalue weighted by Crippen LogP contribution is -2.54. The SMILES string of the molecule is CS[C@@H]1C(=O)C[C@@H]2C=C(C)[C@H]1N2S(=O)(=O)c1ccc([N+](=O)[O-])cc1. The molecule has 0 saturated carbocycles. The van der Waals surface area contributed by atoms with Crippen LogP contribution in [0.1, 0.15) is 13.3 Å². The number of non-ortho nitro benzene ring substituents is 1. The van der Waals surface area contributed by atoms with E-state index in [9.17, 15) is 23.3 Å². The highest BCUT2D eigenvalue weighted by molar-refractivity contribution is 8.00. The maximum Gasteiger partial charge on any atom is 0.269 e. The normalized spacial score (nSPS) is 27.2. The summed E-state index contributed by atoms with van der Waals surface area (Å²) in [5.41, 5.74) is 0.706. The molecule has 1 saturated heterocycles. The third-order valence-corrected chi connectivity index (χ3v) is 7.36. The zero-order chi connectivity index (χ0) is 17.6. The maximum absolute atomic E-state index is 13.0. The second-order valence-corrected chi connectivity index (χ2v) is 8.66. The van der Waals surface area contributed by atoms with E-state index >= 15 is 0 Å². The van der Waals surface area contributed by atoms with Gasteiger partial charge < -0.3 is 0 Å². The van der Waals surface area contributed by atoms with Gasteiger partial charge in [-0.15, -0.1) is 0 Å². The number of carbonyl (C=O) groups is 1. The molecule has 1 fully saturated rings. The number of thioether (sulfide) groups is 1. The van der Waals surface area contributed by atoms with Crippen molar-refractivity contribution in [2.24, 2.45) is 0 Å². The van der Waals surface area contributed by atoms with Crippen molar-refractivity contribution in [1.29, 1.82) is 0 Å². The van der Waals surface area contributed by atoms with E-state index in [0.717, 1.165) is 5.57 Å². The molecule has 0 spiro atoms. The summed E-state index contributed by atoms with van der Waals surface area (Å²) in [6, 6.07) is 3.86. The molecule has 0 aromatic heterocycles. The van der Waals surface area contributed by atoms with Crippen LogP contribution in [0.3, 0.4) is 0 Å². The molecule has 3 atom stereocenters. The smallest absolute Gasteiger partial charge is 0.269 e. The van der Waals surface area contributed by atoms with Crippen molar-refractivity contribution in [3.8, 4) is 0 Å². The van der Waals surface area contributed by atoms with Crippen molar-refractivity contribution in [3.05, 3.63) is 46.0 Å². The second kappa shape index (κ2) is 5.98. The fourth-order valence-corrected chi connectivity index (χ4v) is 6.19. The van der Waals surface area contributed by atoms with Gasteiger partial charge in [0.2, 0.25) is 10.0 Å². The Bertz CT molecular complexity index is 832. The van der Waals surface area contributed by atoms with Crippen molar-refractivity contribution >= 4 is 33.3 Å². The molecule has 2 aliphatic rings. The molecule has 24 heavy (non-hydrogen) atoms. The molecule has 2 aliphatic heterocycles. The molecule has 0 unspecified atom stereocenters. The Morgan fingerprint density at radius 3 is 2.46 bits per heavy atom. The van der Waals surface area contributed by atoms with Crippen LogP contribution in [0.4, 0.5) is 5.69 Å². The van der Waals surface area contributed by atoms with E-state index in [1.165, 1.54) is 40.3 Å². The molecule has 3 rings (SSSR count). The molecule has 1 aromatic rings. The van der Waals surface area contributed by atoms with Crippen LogP contribution in [-0.2, 0) is 14.8 Å². The summed E-state index contributed by atoms with van der Waals surface area (Å²) in [4.78, 5) is 22.4. The zero-order valence-electron chi connectivity index (χ0n) is 13.1. The third-order valence-electron chi connectivity index (χ3n) is 4.41. The summed E-state index contributed by atoms with van der Waals surface area (Å²) in [7, 11) is -3.85. The summed E-state index contributed by atoms with van der Waals surface area (Å²) >= 11 is 1.35. The number of piperidine rings is 1. The zero-order valence-corrected chi connectivity index (χ0v) is 14.7. The summed E-state index contributed by atoms with van der Waals surface area (Å²) in [5, 5.41) is 10.3. The quantitative estimate of drug-likeness (QED) is 0.458. The van der Waals surface area contributed by atoms with Gasteiger partial charge in [0, 0.05) is 18.6 Å². The van der Waals surface area contributed by atoms with Crippen LogP contribution in [-0.4, -0.2) is 47.0 Å². The van der Waals surface area contributed by atoms with Gasteiger partial charge in [-0.3, -0.25) is 14.9 Å². The number of fused-ring (bicyclic) bond motifs is 2. The van der Waals surface area contributed by atoms with Gasteiger partial charge in [0.25, 0.3) is 5.69 Å². The molecule has 9 heteroatoms. The number of rotatable bonds is 4. The lowest BCUT2D eigenvalue weighted by Gasteiger charge is -2.38. The molecule has 2 bridgehead atoms. The van der Waals surface area contributed by atoms with E-state index in [0.29, 0.717) is 0 Å². The van der Waals surface area contributed by atoms with Gasteiger partial charge in [0.15, 0.2) is 0 Å². The number of carbonyl (C=O) groups excluding carboxylic acids is 1. The molecule has 2 heterocycles. The van der Waals surface area contributed by atoms with Gasteiger partial charge in [0.1, 0.15) is 5.78 Å². The monoisotopic (exact) mass is 368 g/mol. The average molecular weight is 368 g/mol. The Kier molecular flexibility index (Phi) is 4.27. The van der Waals surface area contributed by atoms with Crippen LogP contribution >= 0.6 is 11.8 Å². The van der Waals surface area contributed by atoms with Crippen LogP contribution in [0.2, 0.25) is 0 Å². The molecule has 0 aliphatic carbocycles. The van der Waals surface area contributed by atoms with Gasteiger partial charge in [-0.25, -0.2) is 8.42 Å². The van der Waals surface area contributed by atoms with Crippen LogP contribution in [0, 0.1) is 10.1 Å². The summed E-state index contributed by atoms with van der Waals surface area (Å²) in [6.45, 7) is 1.84. The van der Waals surface area contributed by atoms with E-state index in [2.05, 4.69) is 0 Å². The minimum Gasteiger partial charge on any atom is -0.298 e. The van der Waals surface area contributed by atoms with Crippen LogP contribution in [0.25, 0.3) is 0 Å². The van der Waals surface area contributed by atoms with Gasteiger partial charge in [-0.05, 0) is 25.3 Å². The third kappa shape index (κ3) is 2.56. The largest absolute Gasteiger partial charge is 0.298 e. The Morgan fingerprint density at radius 2 is 1.92 bits per heavy atom. The highest BCUT2D eigenvalue weighted by Crippen LogP contribution is 2.41. The number of nitrogens with zero attached hydrogens (tertiary/aromatic N) is 2. The summed E-state index contributed by atoms with van der Waals surface area (Å²) in [5.74, 6) is 0.0562. The first kappa shape index (κ1) is 17.1. The number of Topliss-reactive ketones (excluding diaryl/α,β-unsaturated/α-hetero) is 1. The van der Waals surface area contributed by atoms with E-state index in [1.807, 2.05) is 13.0 Å². The predicted molar refractivity (Wildman–Crippen MR) is 90.4 cm³/mol. The average Bonchev–Trinajstić information content (AvgIpc) is 2.79. The number of hydrogen-bond donors (Lipinski definition) is 0. The first-order valence-electron chi connectivity index (χ1n) is 7.29. The minimum atomic E-state index is -3.85. The Hall–Kier alpha value is -1.71. The molecule has 7 nitrogen and oxygen atoms in total. The maximum atomic E-state index is 13.0. The number of ketones is 1. The minimum absolute atomic E-state index is 0.000372. The van der Waals surface area contributed by atoms with E-state index in [4.69, 9.17) is 0 Å². The van der Waals surface area contributed by atoms with E-state index in [1.54, 1.807) is 6.26 Å². The Balaban J connectivity index is 2.01. The number of nitro benzene ring substituents is 1. The second-order valence-electron chi connectivity index (χ2n) is 5.84. The molecule has 1 aromatic carbocycles. The van der Waals surface area contributed by atoms with Crippen molar-refractivity contribution in [3.63, 3.8) is 0 Å². The van der Waals surface area contributed by atoms with Crippen molar-refractivity contribution in [2.75, 3.05) is 6.26 Å². The van der Waals surface area contributed by atoms with Crippen molar-refractivity contribution < 1.29 is 18.1 Å². The highest BCUT2D eigenvalue weighted by Gasteiger charge is 2.51. The van der Waals surface area contributed by atoms with Crippen LogP contribution in [0.5, 0.6) is 0 Å². The predicted octanol–water partition coefficient (Wildman–Crippen LogP) is 1.99. The van der Waals surface area contributed by atoms with Gasteiger partial charge in [0.05, 0.1) is 27.2 Å². The van der Waals surface area contributed by atoms with Gasteiger partial charge >= 0.3 is 0 Å². The summed E-state index contributed by atoms with van der Waals surface area (Å²) in [6.07, 6.45) is 3.79. The van der Waals surface area contributed by atoms with E-state index in [-0.39, 0.29) is 22.8 Å². The van der Waals surface area contributed by atoms with Crippen LogP contribution < -0.4 is 0 Å². The molecule has 128 valence electrons. The Labute approximate surface area is 143 Å². The lowest BCUT2D eigenvalue weighted by molar-refractivity contribution is -0.384. The van der Waals surface area contributed by atoms with Gasteiger partial charge in [-0.1, -0.05) is 11.6 Å². The van der Waals surface area contributed by atoms with E-state index < -0.39 is 32.3 Å². The standard InChI is InChI=1S/C15H16N2O5S2/c1-9-7-11-8-13(18)15(23-2)14(9)16(11)24(21,22)12-5-3-10(4-6-12)17(19)20/h3-7,11,14-15H,8H2,1-2H3/t11-,14+,15+/m0/s1. The number of sulfonamides is 1. The van der Waals surface area contributed by atoms with Crippen LogP contribution in [0.15, 0.2) is 40.8 Å². The highest BCUT2D eigenvalue weighted by atomic mass is 32.2. The lowest BCUT2D eigenvalue weighted by atomic mass is 10.0. The van der Waals surface area contributed by atoms with Gasteiger partial charge in [-0.2, -0.15) is 16.1 Å². The molecule has 0 N–H and O–H groups in total. The molecule has 0 amide bonds. The molecular weight excluding hydrogens is 352 g/mol. The van der Waals surface area contributed by atoms with Crippen molar-refractivity contribution in [2.45, 2.75) is 35.6 Å². The number of nitro groups is 1. The fourth-order valence-electron chi connectivity index (χ4n) is 3.35. The summed E-state index contributed by atoms with van der Waals surface area (Å²) < 4.78 is 27.5. The number of benzene rings is 1. The fraction of sp³-hybridized carbons (Fsp3) is 0.400. The topological polar surface area (TPSA) is 97.6 Å².